The van der Waals surface area contributed by atoms with E-state index in [1.807, 2.05) is 0 Å². The molecule has 1 aliphatic carbocycles. The van der Waals surface area contributed by atoms with Crippen LogP contribution in [0, 0.1) is 5.13 Å². The average Bonchev–Trinajstić information content (AvgIpc) is 3.42. The van der Waals surface area contributed by atoms with Crippen molar-refractivity contribution in [2.75, 3.05) is 18.5 Å². The molecule has 1 aromatic carbocycles. The lowest BCUT2D eigenvalue weighted by atomic mass is 10.1. The number of sulfone groups is 1. The van der Waals surface area contributed by atoms with Gasteiger partial charge in [-0.2, -0.15) is 4.39 Å². The third-order valence-corrected chi connectivity index (χ3v) is 8.52. The highest BCUT2D eigenvalue weighted by Gasteiger charge is 2.37. The van der Waals surface area contributed by atoms with Gasteiger partial charge >= 0.3 is 0 Å². The highest BCUT2D eigenvalue weighted by atomic mass is 32.2. The van der Waals surface area contributed by atoms with Crippen LogP contribution in [0.2, 0.25) is 0 Å². The number of nitrogens with one attached hydrogen (secondary N) is 1. The third kappa shape index (κ3) is 5.38. The van der Waals surface area contributed by atoms with E-state index in [-0.39, 0.29) is 39.5 Å². The summed E-state index contributed by atoms with van der Waals surface area (Å²) in [5.74, 6) is -0.738. The fourth-order valence-electron chi connectivity index (χ4n) is 3.68. The Hall–Kier alpha value is -2.86. The molecule has 2 heterocycles. The number of oxime groups is 1. The van der Waals surface area contributed by atoms with Crippen LogP contribution in [0.5, 0.6) is 0 Å². The molecule has 1 saturated carbocycles. The minimum absolute atomic E-state index is 0.0525. The summed E-state index contributed by atoms with van der Waals surface area (Å²) in [5.41, 5.74) is 0.211. The van der Waals surface area contributed by atoms with Crippen LogP contribution in [0.15, 0.2) is 40.5 Å². The standard InChI is InChI=1S/C21H23FN4O5S2/c1-13(27)26-10-2-3-15(26)12-31-25-19(20(28)24-21-23-11-18(22)32-21)14-4-6-16(7-5-14)33(29,30)17-8-9-17/h4-7,11,15,17H,2-3,8-10,12H2,1H3,(H,23,24,28)/b25-19+/t15-/m1/s1. The third-order valence-electron chi connectivity index (χ3n) is 5.54. The lowest BCUT2D eigenvalue weighted by Crippen LogP contribution is -2.36. The summed E-state index contributed by atoms with van der Waals surface area (Å²) < 4.78 is 38.2. The summed E-state index contributed by atoms with van der Waals surface area (Å²) in [6.07, 6.45) is 3.91. The summed E-state index contributed by atoms with van der Waals surface area (Å²) in [5, 5.41) is 5.62. The fourth-order valence-corrected chi connectivity index (χ4v) is 5.87. The normalized spacial score (nSPS) is 18.9. The largest absolute Gasteiger partial charge is 0.393 e. The van der Waals surface area contributed by atoms with Gasteiger partial charge < -0.3 is 9.74 Å². The van der Waals surface area contributed by atoms with Gasteiger partial charge in [-0.25, -0.2) is 13.4 Å². The van der Waals surface area contributed by atoms with E-state index in [2.05, 4.69) is 15.5 Å². The first-order valence-electron chi connectivity index (χ1n) is 10.5. The second kappa shape index (κ2) is 9.56. The first kappa shape index (κ1) is 23.3. The Morgan fingerprint density at radius 3 is 2.61 bits per heavy atom. The van der Waals surface area contributed by atoms with Crippen LogP contribution < -0.4 is 5.32 Å². The molecule has 2 amide bonds. The maximum atomic E-state index is 13.3. The van der Waals surface area contributed by atoms with Crippen molar-refractivity contribution in [1.82, 2.24) is 9.88 Å². The molecule has 4 rings (SSSR count). The van der Waals surface area contributed by atoms with Gasteiger partial charge in [0.2, 0.25) is 5.91 Å². The number of amides is 2. The molecule has 12 heteroatoms. The molecule has 1 atom stereocenters. The minimum Gasteiger partial charge on any atom is -0.393 e. The molecule has 0 spiro atoms. The van der Waals surface area contributed by atoms with E-state index >= 15 is 0 Å². The second-order valence-corrected chi connectivity index (χ2v) is 11.1. The molecule has 9 nitrogen and oxygen atoms in total. The summed E-state index contributed by atoms with van der Waals surface area (Å²) in [7, 11) is -3.38. The summed E-state index contributed by atoms with van der Waals surface area (Å²) in [4.78, 5) is 35.7. The molecule has 1 saturated heterocycles. The molecule has 2 aromatic rings. The number of thiazole rings is 1. The van der Waals surface area contributed by atoms with Crippen LogP contribution >= 0.6 is 11.3 Å². The van der Waals surface area contributed by atoms with Crippen molar-refractivity contribution in [1.29, 1.82) is 0 Å². The van der Waals surface area contributed by atoms with Gasteiger partial charge in [0.25, 0.3) is 5.91 Å². The lowest BCUT2D eigenvalue weighted by molar-refractivity contribution is -0.130. The first-order valence-corrected chi connectivity index (χ1v) is 12.9. The Morgan fingerprint density at radius 2 is 2.00 bits per heavy atom. The Kier molecular flexibility index (Phi) is 6.75. The van der Waals surface area contributed by atoms with Crippen molar-refractivity contribution >= 4 is 43.8 Å². The zero-order chi connectivity index (χ0) is 23.6. The first-order chi connectivity index (χ1) is 15.8. The molecular weight excluding hydrogens is 471 g/mol. The van der Waals surface area contributed by atoms with E-state index in [0.29, 0.717) is 36.3 Å². The molecular formula is C21H23FN4O5S2. The van der Waals surface area contributed by atoms with E-state index in [4.69, 9.17) is 4.84 Å². The van der Waals surface area contributed by atoms with Gasteiger partial charge in [-0.1, -0.05) is 28.6 Å². The van der Waals surface area contributed by atoms with Gasteiger partial charge in [-0.05, 0) is 37.8 Å². The number of hydrogen-bond acceptors (Lipinski definition) is 8. The number of rotatable bonds is 8. The van der Waals surface area contributed by atoms with Crippen molar-refractivity contribution in [2.24, 2.45) is 5.16 Å². The van der Waals surface area contributed by atoms with Crippen molar-refractivity contribution in [3.63, 3.8) is 0 Å². The Labute approximate surface area is 194 Å². The highest BCUT2D eigenvalue weighted by molar-refractivity contribution is 7.92. The molecule has 0 radical (unpaired) electrons. The number of likely N-dealkylation sites (tertiary alicyclic amines) is 1. The van der Waals surface area contributed by atoms with Crippen LogP contribution in [0.1, 0.15) is 38.2 Å². The van der Waals surface area contributed by atoms with Crippen LogP contribution in [0.3, 0.4) is 0 Å². The van der Waals surface area contributed by atoms with Gasteiger partial charge in [0.05, 0.1) is 22.4 Å². The molecule has 33 heavy (non-hydrogen) atoms. The van der Waals surface area contributed by atoms with Crippen LogP contribution in [-0.2, 0) is 24.3 Å². The number of aromatic nitrogens is 1. The van der Waals surface area contributed by atoms with Gasteiger partial charge in [0, 0.05) is 19.0 Å². The topological polar surface area (TPSA) is 118 Å². The number of nitrogens with zero attached hydrogens (tertiary/aromatic N) is 3. The predicted molar refractivity (Wildman–Crippen MR) is 120 cm³/mol. The zero-order valence-electron chi connectivity index (χ0n) is 17.9. The molecule has 176 valence electrons. The number of benzene rings is 1. The SMILES string of the molecule is CC(=O)N1CCC[C@@H]1CO/N=C(/C(=O)Nc1ncc(F)s1)c1ccc(S(=O)(=O)C2CC2)cc1. The number of hydrogen-bond donors (Lipinski definition) is 1. The molecule has 1 aliphatic heterocycles. The average molecular weight is 495 g/mol. The molecule has 0 unspecified atom stereocenters. The van der Waals surface area contributed by atoms with E-state index in [1.54, 1.807) is 4.90 Å². The van der Waals surface area contributed by atoms with Crippen LogP contribution in [0.25, 0.3) is 0 Å². The molecule has 2 fully saturated rings. The maximum Gasteiger partial charge on any atom is 0.280 e. The second-order valence-electron chi connectivity index (χ2n) is 7.94. The van der Waals surface area contributed by atoms with Crippen molar-refractivity contribution in [3.8, 4) is 0 Å². The Morgan fingerprint density at radius 1 is 1.27 bits per heavy atom. The number of carbonyl (C=O) groups is 2. The maximum absolute atomic E-state index is 13.3. The number of carbonyl (C=O) groups excluding carboxylic acids is 2. The predicted octanol–water partition coefficient (Wildman–Crippen LogP) is 2.59. The quantitative estimate of drug-likeness (QED) is 0.445. The van der Waals surface area contributed by atoms with Gasteiger partial charge in [-0.3, -0.25) is 14.9 Å². The summed E-state index contributed by atoms with van der Waals surface area (Å²) >= 11 is 0.663. The smallest absolute Gasteiger partial charge is 0.280 e. The molecule has 1 aromatic heterocycles. The molecule has 2 aliphatic rings. The zero-order valence-corrected chi connectivity index (χ0v) is 19.5. The van der Waals surface area contributed by atoms with Gasteiger partial charge in [0.1, 0.15) is 6.61 Å². The summed E-state index contributed by atoms with van der Waals surface area (Å²) in [6, 6.07) is 5.69. The fraction of sp³-hybridized carbons (Fsp3) is 0.429. The summed E-state index contributed by atoms with van der Waals surface area (Å²) in [6.45, 7) is 2.24. The Bertz CT molecular complexity index is 1180. The van der Waals surface area contributed by atoms with Crippen molar-refractivity contribution in [2.45, 2.75) is 48.8 Å². The van der Waals surface area contributed by atoms with Crippen LogP contribution in [0.4, 0.5) is 9.52 Å². The van der Waals surface area contributed by atoms with Gasteiger partial charge in [-0.15, -0.1) is 0 Å². The van der Waals surface area contributed by atoms with Crippen molar-refractivity contribution in [3.05, 3.63) is 41.2 Å². The molecule has 0 bridgehead atoms. The molecule has 1 N–H and O–H groups in total. The lowest BCUT2D eigenvalue weighted by Gasteiger charge is -2.22. The van der Waals surface area contributed by atoms with E-state index in [9.17, 15) is 22.4 Å². The van der Waals surface area contributed by atoms with E-state index < -0.39 is 20.9 Å². The Balaban J connectivity index is 1.54. The number of halogens is 1. The van der Waals surface area contributed by atoms with Crippen LogP contribution in [-0.4, -0.2) is 60.3 Å². The monoisotopic (exact) mass is 494 g/mol. The van der Waals surface area contributed by atoms with Gasteiger partial charge in [0.15, 0.2) is 25.8 Å². The van der Waals surface area contributed by atoms with E-state index in [0.717, 1.165) is 19.0 Å². The van der Waals surface area contributed by atoms with Crippen molar-refractivity contribution < 1.29 is 27.2 Å². The number of anilines is 1. The minimum atomic E-state index is -3.38. The highest BCUT2D eigenvalue weighted by Crippen LogP contribution is 2.33. The van der Waals surface area contributed by atoms with E-state index in [1.165, 1.54) is 31.2 Å².